The number of amides is 2. The summed E-state index contributed by atoms with van der Waals surface area (Å²) in [4.78, 5) is 34.3. The molecule has 1 aliphatic carbocycles. The minimum absolute atomic E-state index is 0.00441. The van der Waals surface area contributed by atoms with Gasteiger partial charge in [0.15, 0.2) is 0 Å². The van der Waals surface area contributed by atoms with Gasteiger partial charge < -0.3 is 15.7 Å². The molecule has 0 aromatic heterocycles. The molecule has 0 aliphatic heterocycles. The summed E-state index contributed by atoms with van der Waals surface area (Å²) in [5, 5.41) is 14.1. The molecular weight excluding hydrogens is 303 g/mol. The molecule has 0 bridgehead atoms. The lowest BCUT2D eigenvalue weighted by molar-refractivity contribution is -0.141. The van der Waals surface area contributed by atoms with Crippen LogP contribution in [0.4, 0.5) is 4.39 Å². The number of hydrogen-bond acceptors (Lipinski definition) is 3. The van der Waals surface area contributed by atoms with Crippen molar-refractivity contribution in [1.82, 2.24) is 10.6 Å². The van der Waals surface area contributed by atoms with Crippen molar-refractivity contribution in [3.63, 3.8) is 0 Å². The second-order valence-electron chi connectivity index (χ2n) is 5.70. The third kappa shape index (κ3) is 5.36. The van der Waals surface area contributed by atoms with Gasteiger partial charge in [0.1, 0.15) is 5.82 Å². The van der Waals surface area contributed by atoms with Crippen molar-refractivity contribution in [3.05, 3.63) is 35.6 Å². The summed E-state index contributed by atoms with van der Waals surface area (Å²) in [6.45, 7) is -0.178. The standard InChI is InChI=1S/C16H19FN2O4/c17-12-3-1-2-10(6-12)7-14(20)18-9-15(21)19-13-5-4-11(8-13)16(22)23/h1-3,6,11,13H,4-5,7-9H2,(H,18,20)(H,19,21)(H,22,23)/t11-,13+/m1/s1. The summed E-state index contributed by atoms with van der Waals surface area (Å²) in [7, 11) is 0. The molecule has 0 unspecified atom stereocenters. The highest BCUT2D eigenvalue weighted by molar-refractivity contribution is 5.85. The van der Waals surface area contributed by atoms with Crippen LogP contribution in [0.1, 0.15) is 24.8 Å². The van der Waals surface area contributed by atoms with Gasteiger partial charge in [-0.15, -0.1) is 0 Å². The predicted octanol–water partition coefficient (Wildman–Crippen LogP) is 0.854. The molecule has 1 aliphatic rings. The van der Waals surface area contributed by atoms with Crippen LogP contribution in [-0.2, 0) is 20.8 Å². The summed E-state index contributed by atoms with van der Waals surface area (Å²) < 4.78 is 13.0. The molecule has 1 aromatic rings. The summed E-state index contributed by atoms with van der Waals surface area (Å²) >= 11 is 0. The third-order valence-electron chi connectivity index (χ3n) is 3.85. The smallest absolute Gasteiger partial charge is 0.306 e. The first kappa shape index (κ1) is 16.9. The van der Waals surface area contributed by atoms with Gasteiger partial charge in [0.25, 0.3) is 0 Å². The number of carboxylic acids is 1. The van der Waals surface area contributed by atoms with Crippen molar-refractivity contribution < 1.29 is 23.9 Å². The van der Waals surface area contributed by atoms with Crippen LogP contribution in [0.15, 0.2) is 24.3 Å². The molecule has 2 rings (SSSR count). The lowest BCUT2D eigenvalue weighted by Crippen LogP contribution is -2.41. The quantitative estimate of drug-likeness (QED) is 0.724. The monoisotopic (exact) mass is 322 g/mol. The van der Waals surface area contributed by atoms with Crippen molar-refractivity contribution in [3.8, 4) is 0 Å². The largest absolute Gasteiger partial charge is 0.481 e. The zero-order valence-electron chi connectivity index (χ0n) is 12.5. The first-order valence-corrected chi connectivity index (χ1v) is 7.47. The highest BCUT2D eigenvalue weighted by Crippen LogP contribution is 2.25. The normalized spacial score (nSPS) is 20.0. The summed E-state index contributed by atoms with van der Waals surface area (Å²) in [5.74, 6) is -2.40. The molecule has 1 fully saturated rings. The van der Waals surface area contributed by atoms with Gasteiger partial charge in [0.05, 0.1) is 18.9 Å². The number of carboxylic acid groups (broad SMARTS) is 1. The van der Waals surface area contributed by atoms with Gasteiger partial charge in [0.2, 0.25) is 11.8 Å². The van der Waals surface area contributed by atoms with E-state index in [9.17, 15) is 18.8 Å². The first-order valence-electron chi connectivity index (χ1n) is 7.47. The maximum absolute atomic E-state index is 13.0. The third-order valence-corrected chi connectivity index (χ3v) is 3.85. The minimum atomic E-state index is -0.842. The number of nitrogens with one attached hydrogen (secondary N) is 2. The van der Waals surface area contributed by atoms with Crippen molar-refractivity contribution in [2.45, 2.75) is 31.7 Å². The van der Waals surface area contributed by atoms with E-state index in [-0.39, 0.29) is 30.8 Å². The minimum Gasteiger partial charge on any atom is -0.481 e. The highest BCUT2D eigenvalue weighted by atomic mass is 19.1. The molecule has 6 nitrogen and oxygen atoms in total. The molecule has 124 valence electrons. The Morgan fingerprint density at radius 2 is 2.00 bits per heavy atom. The van der Waals surface area contributed by atoms with E-state index in [4.69, 9.17) is 5.11 Å². The highest BCUT2D eigenvalue weighted by Gasteiger charge is 2.30. The van der Waals surface area contributed by atoms with E-state index in [1.807, 2.05) is 0 Å². The maximum atomic E-state index is 13.0. The number of carbonyl (C=O) groups is 3. The number of rotatable bonds is 6. The maximum Gasteiger partial charge on any atom is 0.306 e. The predicted molar refractivity (Wildman–Crippen MR) is 80.0 cm³/mol. The van der Waals surface area contributed by atoms with Gasteiger partial charge in [-0.25, -0.2) is 4.39 Å². The molecule has 1 saturated carbocycles. The molecular formula is C16H19FN2O4. The topological polar surface area (TPSA) is 95.5 Å². The zero-order chi connectivity index (χ0) is 16.8. The SMILES string of the molecule is O=C(Cc1cccc(F)c1)NCC(=O)N[C@H]1CC[C@@H](C(=O)O)C1. The first-order chi connectivity index (χ1) is 10.9. The fourth-order valence-corrected chi connectivity index (χ4v) is 2.69. The van der Waals surface area contributed by atoms with Gasteiger partial charge in [-0.3, -0.25) is 14.4 Å². The fraction of sp³-hybridized carbons (Fsp3) is 0.438. The van der Waals surface area contributed by atoms with Gasteiger partial charge in [0, 0.05) is 6.04 Å². The zero-order valence-corrected chi connectivity index (χ0v) is 12.5. The summed E-state index contributed by atoms with van der Waals surface area (Å²) in [6, 6.07) is 5.55. The van der Waals surface area contributed by atoms with Crippen LogP contribution < -0.4 is 10.6 Å². The summed E-state index contributed by atoms with van der Waals surface area (Å²) in [6.07, 6.45) is 1.58. The van der Waals surface area contributed by atoms with E-state index in [0.29, 0.717) is 24.8 Å². The molecule has 0 saturated heterocycles. The Labute approximate surface area is 133 Å². The van der Waals surface area contributed by atoms with Gasteiger partial charge in [-0.05, 0) is 37.0 Å². The van der Waals surface area contributed by atoms with Crippen molar-refractivity contribution in [2.24, 2.45) is 5.92 Å². The van der Waals surface area contributed by atoms with Gasteiger partial charge in [-0.1, -0.05) is 12.1 Å². The molecule has 1 aromatic carbocycles. The Morgan fingerprint density at radius 1 is 1.22 bits per heavy atom. The molecule has 23 heavy (non-hydrogen) atoms. The van der Waals surface area contributed by atoms with E-state index in [0.717, 1.165) is 0 Å². The Bertz CT molecular complexity index is 605. The van der Waals surface area contributed by atoms with E-state index < -0.39 is 17.7 Å². The van der Waals surface area contributed by atoms with Gasteiger partial charge in [-0.2, -0.15) is 0 Å². The van der Waals surface area contributed by atoms with Crippen LogP contribution >= 0.6 is 0 Å². The second kappa shape index (κ2) is 7.71. The number of carbonyl (C=O) groups excluding carboxylic acids is 2. The van der Waals surface area contributed by atoms with Crippen molar-refractivity contribution in [2.75, 3.05) is 6.54 Å². The molecule has 7 heteroatoms. The lowest BCUT2D eigenvalue weighted by Gasteiger charge is -2.13. The molecule has 3 N–H and O–H groups in total. The number of benzene rings is 1. The molecule has 0 heterocycles. The van der Waals surface area contributed by atoms with Gasteiger partial charge >= 0.3 is 5.97 Å². The number of aliphatic carboxylic acids is 1. The molecule has 0 spiro atoms. The average Bonchev–Trinajstić information content (AvgIpc) is 2.94. The summed E-state index contributed by atoms with van der Waals surface area (Å²) in [5.41, 5.74) is 0.531. The van der Waals surface area contributed by atoms with E-state index in [1.165, 1.54) is 18.2 Å². The lowest BCUT2D eigenvalue weighted by atomic mass is 10.1. The van der Waals surface area contributed by atoms with Crippen LogP contribution in [0.3, 0.4) is 0 Å². The number of hydrogen-bond donors (Lipinski definition) is 3. The fourth-order valence-electron chi connectivity index (χ4n) is 2.69. The Hall–Kier alpha value is -2.44. The molecule has 2 atom stereocenters. The number of halogens is 1. The average molecular weight is 322 g/mol. The van der Waals surface area contributed by atoms with Crippen LogP contribution in [0, 0.1) is 11.7 Å². The van der Waals surface area contributed by atoms with Crippen LogP contribution in [-0.4, -0.2) is 35.5 Å². The molecule has 2 amide bonds. The van der Waals surface area contributed by atoms with Crippen molar-refractivity contribution in [1.29, 1.82) is 0 Å². The van der Waals surface area contributed by atoms with E-state index in [2.05, 4.69) is 10.6 Å². The molecule has 0 radical (unpaired) electrons. The van der Waals surface area contributed by atoms with Crippen LogP contribution in [0.2, 0.25) is 0 Å². The Morgan fingerprint density at radius 3 is 2.65 bits per heavy atom. The van der Waals surface area contributed by atoms with E-state index in [1.54, 1.807) is 6.07 Å². The van der Waals surface area contributed by atoms with E-state index >= 15 is 0 Å². The Kier molecular flexibility index (Phi) is 5.67. The second-order valence-corrected chi connectivity index (χ2v) is 5.70. The van der Waals surface area contributed by atoms with Crippen LogP contribution in [0.25, 0.3) is 0 Å². The Balaban J connectivity index is 1.70. The van der Waals surface area contributed by atoms with Crippen molar-refractivity contribution >= 4 is 17.8 Å². The van der Waals surface area contributed by atoms with Crippen LogP contribution in [0.5, 0.6) is 0 Å².